The van der Waals surface area contributed by atoms with Crippen LogP contribution in [0, 0.1) is 0 Å². The summed E-state index contributed by atoms with van der Waals surface area (Å²) in [5.41, 5.74) is 9.40. The molecular weight excluding hydrogens is 166 g/mol. The molecule has 0 fully saturated rings. The zero-order valence-electron chi connectivity index (χ0n) is 7.07. The molecule has 13 heavy (non-hydrogen) atoms. The third kappa shape index (κ3) is 2.28. The van der Waals surface area contributed by atoms with Crippen molar-refractivity contribution < 1.29 is 0 Å². The van der Waals surface area contributed by atoms with Gasteiger partial charge in [0, 0.05) is 18.0 Å². The molecule has 0 unspecified atom stereocenters. The minimum absolute atomic E-state index is 0.433. The maximum atomic E-state index is 5.58. The summed E-state index contributed by atoms with van der Waals surface area (Å²) in [7, 11) is 0. The van der Waals surface area contributed by atoms with Crippen LogP contribution in [0.3, 0.4) is 0 Å². The summed E-state index contributed by atoms with van der Waals surface area (Å²) in [6, 6.07) is 7.14. The van der Waals surface area contributed by atoms with E-state index in [1.807, 2.05) is 6.07 Å². The first-order chi connectivity index (χ1) is 6.27. The summed E-state index contributed by atoms with van der Waals surface area (Å²) in [5, 5.41) is 7.06. The van der Waals surface area contributed by atoms with Gasteiger partial charge >= 0.3 is 0 Å². The molecule has 0 bridgehead atoms. The van der Waals surface area contributed by atoms with Crippen LogP contribution in [-0.2, 0) is 0 Å². The van der Waals surface area contributed by atoms with Crippen molar-refractivity contribution in [2.45, 2.75) is 0 Å². The second kappa shape index (κ2) is 4.22. The maximum Gasteiger partial charge on any atom is 0.169 e. The van der Waals surface area contributed by atoms with Crippen molar-refractivity contribution in [3.63, 3.8) is 0 Å². The lowest BCUT2D eigenvalue weighted by atomic mass is 10.2. The third-order valence-electron chi connectivity index (χ3n) is 1.47. The monoisotopic (exact) mass is 177 g/mol. The van der Waals surface area contributed by atoms with Gasteiger partial charge in [0.25, 0.3) is 0 Å². The van der Waals surface area contributed by atoms with Gasteiger partial charge in [0.05, 0.1) is 0 Å². The predicted octanol–water partition coefficient (Wildman–Crippen LogP) is 0.0943. The molecule has 5 nitrogen and oxygen atoms in total. The molecule has 1 aromatic carbocycles. The van der Waals surface area contributed by atoms with Crippen molar-refractivity contribution in [1.82, 2.24) is 5.43 Å². The molecule has 0 saturated heterocycles. The van der Waals surface area contributed by atoms with Crippen LogP contribution in [0.1, 0.15) is 5.56 Å². The van der Waals surface area contributed by atoms with Gasteiger partial charge in [0.1, 0.15) is 0 Å². The Labute approximate surface area is 76.1 Å². The van der Waals surface area contributed by atoms with E-state index in [9.17, 15) is 0 Å². The molecule has 0 amide bonds. The van der Waals surface area contributed by atoms with Gasteiger partial charge in [-0.15, -0.1) is 5.10 Å². The summed E-state index contributed by atoms with van der Waals surface area (Å²) < 4.78 is 0. The highest BCUT2D eigenvalue weighted by atomic mass is 15.3. The molecule has 0 aliphatic carbocycles. The maximum absolute atomic E-state index is 5.58. The number of nitrogens with zero attached hydrogens (tertiary/aromatic N) is 2. The lowest BCUT2D eigenvalue weighted by Gasteiger charge is -2.03. The first kappa shape index (κ1) is 9.21. The molecule has 68 valence electrons. The minimum Gasteiger partial charge on any atom is -0.399 e. The molecule has 0 radical (unpaired) electrons. The highest BCUT2D eigenvalue weighted by molar-refractivity contribution is 5.99. The van der Waals surface area contributed by atoms with Crippen molar-refractivity contribution in [3.05, 3.63) is 29.8 Å². The second-order valence-electron chi connectivity index (χ2n) is 2.36. The Balaban J connectivity index is 3.05. The molecule has 5 heteroatoms. The number of amidine groups is 1. The number of anilines is 1. The van der Waals surface area contributed by atoms with Gasteiger partial charge in [0.2, 0.25) is 0 Å². The highest BCUT2D eigenvalue weighted by Crippen LogP contribution is 2.06. The summed E-state index contributed by atoms with van der Waals surface area (Å²) in [5.74, 6) is 5.66. The van der Waals surface area contributed by atoms with E-state index in [0.29, 0.717) is 11.5 Å². The molecule has 0 aliphatic rings. The molecule has 0 aliphatic heterocycles. The van der Waals surface area contributed by atoms with Crippen LogP contribution in [0.2, 0.25) is 0 Å². The third-order valence-corrected chi connectivity index (χ3v) is 1.47. The summed E-state index contributed by atoms with van der Waals surface area (Å²) >= 11 is 0. The van der Waals surface area contributed by atoms with Gasteiger partial charge < -0.3 is 11.2 Å². The van der Waals surface area contributed by atoms with Crippen molar-refractivity contribution in [3.8, 4) is 0 Å². The highest BCUT2D eigenvalue weighted by Gasteiger charge is 2.00. The smallest absolute Gasteiger partial charge is 0.169 e. The van der Waals surface area contributed by atoms with Crippen LogP contribution >= 0.6 is 0 Å². The van der Waals surface area contributed by atoms with E-state index in [2.05, 4.69) is 22.3 Å². The number of hydrazine groups is 1. The minimum atomic E-state index is 0.433. The zero-order valence-corrected chi connectivity index (χ0v) is 7.07. The normalized spacial score (nSPS) is 11.0. The Bertz CT molecular complexity index is 331. The lowest BCUT2D eigenvalue weighted by Crippen LogP contribution is -2.30. The standard InChI is InChI=1S/C8H11N5/c1-11-13-8(12-10)6-3-2-4-7(9)5-6/h2-5H,1,9-10H2,(H,12,13). The molecule has 0 saturated carbocycles. The van der Waals surface area contributed by atoms with Crippen LogP contribution in [0.5, 0.6) is 0 Å². The SMILES string of the molecule is C=N/N=C(\NN)c1cccc(N)c1. The Morgan fingerprint density at radius 1 is 1.46 bits per heavy atom. The largest absolute Gasteiger partial charge is 0.399 e. The lowest BCUT2D eigenvalue weighted by molar-refractivity contribution is 1.01. The van der Waals surface area contributed by atoms with Crippen molar-refractivity contribution >= 4 is 18.2 Å². The summed E-state index contributed by atoms with van der Waals surface area (Å²) in [6.07, 6.45) is 0. The fourth-order valence-electron chi connectivity index (χ4n) is 0.927. The number of hydrogen-bond acceptors (Lipinski definition) is 4. The molecule has 1 rings (SSSR count). The Morgan fingerprint density at radius 3 is 2.77 bits per heavy atom. The quantitative estimate of drug-likeness (QED) is 0.197. The predicted molar refractivity (Wildman–Crippen MR) is 54.3 cm³/mol. The Hall–Kier alpha value is -1.88. The van der Waals surface area contributed by atoms with E-state index in [4.69, 9.17) is 11.6 Å². The Kier molecular flexibility index (Phi) is 2.99. The molecule has 1 aromatic rings. The molecule has 5 N–H and O–H groups in total. The Morgan fingerprint density at radius 2 is 2.23 bits per heavy atom. The van der Waals surface area contributed by atoms with E-state index >= 15 is 0 Å². The number of nitrogens with two attached hydrogens (primary N) is 2. The van der Waals surface area contributed by atoms with Crippen molar-refractivity contribution in [2.75, 3.05) is 5.73 Å². The average Bonchev–Trinajstić information content (AvgIpc) is 2.14. The van der Waals surface area contributed by atoms with E-state index in [1.165, 1.54) is 0 Å². The second-order valence-corrected chi connectivity index (χ2v) is 2.36. The molecule has 0 spiro atoms. The van der Waals surface area contributed by atoms with Gasteiger partial charge in [-0.2, -0.15) is 5.10 Å². The topological polar surface area (TPSA) is 88.8 Å². The molecule has 0 heterocycles. The van der Waals surface area contributed by atoms with E-state index in [-0.39, 0.29) is 0 Å². The number of hydrogen-bond donors (Lipinski definition) is 3. The van der Waals surface area contributed by atoms with E-state index in [0.717, 1.165) is 5.56 Å². The number of benzene rings is 1. The summed E-state index contributed by atoms with van der Waals surface area (Å²) in [4.78, 5) is 0. The van der Waals surface area contributed by atoms with Gasteiger partial charge in [0.15, 0.2) is 5.84 Å². The van der Waals surface area contributed by atoms with Crippen molar-refractivity contribution in [1.29, 1.82) is 0 Å². The van der Waals surface area contributed by atoms with E-state index in [1.54, 1.807) is 18.2 Å². The average molecular weight is 177 g/mol. The van der Waals surface area contributed by atoms with Crippen LogP contribution in [0.15, 0.2) is 34.5 Å². The van der Waals surface area contributed by atoms with E-state index < -0.39 is 0 Å². The van der Waals surface area contributed by atoms with Crippen molar-refractivity contribution in [2.24, 2.45) is 16.0 Å². The zero-order chi connectivity index (χ0) is 9.68. The van der Waals surface area contributed by atoms with Gasteiger partial charge in [-0.3, -0.25) is 0 Å². The van der Waals surface area contributed by atoms with Crippen LogP contribution in [0.4, 0.5) is 5.69 Å². The molecule has 0 aromatic heterocycles. The van der Waals surface area contributed by atoms with Gasteiger partial charge in [-0.1, -0.05) is 12.1 Å². The first-order valence-corrected chi connectivity index (χ1v) is 3.64. The van der Waals surface area contributed by atoms with Gasteiger partial charge in [-0.05, 0) is 12.1 Å². The van der Waals surface area contributed by atoms with Gasteiger partial charge in [-0.25, -0.2) is 5.84 Å². The molecular formula is C8H11N5. The molecule has 0 atom stereocenters. The fraction of sp³-hybridized carbons (Fsp3) is 0. The fourth-order valence-corrected chi connectivity index (χ4v) is 0.927. The number of nitrogens with one attached hydrogen (secondary N) is 1. The van der Waals surface area contributed by atoms with Crippen LogP contribution in [-0.4, -0.2) is 12.6 Å². The number of nitrogen functional groups attached to an aromatic ring is 1. The van der Waals surface area contributed by atoms with Crippen LogP contribution in [0.25, 0.3) is 0 Å². The summed E-state index contributed by atoms with van der Waals surface area (Å²) in [6.45, 7) is 3.23. The first-order valence-electron chi connectivity index (χ1n) is 3.64. The number of rotatable bonds is 2. The van der Waals surface area contributed by atoms with Crippen LogP contribution < -0.4 is 17.0 Å².